The molecule has 2 fully saturated rings. The number of likely N-dealkylation sites (tertiary alicyclic amines) is 2. The van der Waals surface area contributed by atoms with Crippen LogP contribution in [-0.4, -0.2) is 62.8 Å². The summed E-state index contributed by atoms with van der Waals surface area (Å²) in [5.41, 5.74) is 1.58. The monoisotopic (exact) mass is 364 g/mol. The molecule has 2 N–H and O–H groups in total. The van der Waals surface area contributed by atoms with Gasteiger partial charge in [0.2, 0.25) is 0 Å². The summed E-state index contributed by atoms with van der Waals surface area (Å²) in [5, 5.41) is 9.71. The summed E-state index contributed by atoms with van der Waals surface area (Å²) in [6.45, 7) is 2.97. The maximum absolute atomic E-state index is 12.4. The van der Waals surface area contributed by atoms with Gasteiger partial charge in [0, 0.05) is 43.3 Å². The van der Waals surface area contributed by atoms with Crippen molar-refractivity contribution in [3.8, 4) is 0 Å². The summed E-state index contributed by atoms with van der Waals surface area (Å²) < 4.78 is 1.85. The number of halogens is 1. The quantitative estimate of drug-likeness (QED) is 0.857. The molecule has 1 aromatic heterocycles. The molecule has 2 aliphatic rings. The number of amides is 1. The lowest BCUT2D eigenvalue weighted by molar-refractivity contribution is 0.126. The molecule has 1 unspecified atom stereocenters. The number of piperidine rings is 1. The van der Waals surface area contributed by atoms with Gasteiger partial charge < -0.3 is 15.0 Å². The van der Waals surface area contributed by atoms with Gasteiger partial charge in [-0.2, -0.15) is 0 Å². The molecule has 2 aromatic rings. The van der Waals surface area contributed by atoms with Crippen molar-refractivity contribution in [1.29, 1.82) is 0 Å². The molecule has 0 aliphatic carbocycles. The first-order chi connectivity index (χ1) is 12.0. The molecule has 1 atom stereocenters. The van der Waals surface area contributed by atoms with Crippen molar-refractivity contribution in [2.45, 2.75) is 31.3 Å². The predicted octanol–water partition coefficient (Wildman–Crippen LogP) is 2.37. The molecule has 8 heteroatoms. The van der Waals surface area contributed by atoms with Crippen molar-refractivity contribution in [3.63, 3.8) is 0 Å². The Hall–Kier alpha value is -1.99. The number of fused-ring (bicyclic) bond motifs is 1. The number of benzene rings is 1. The average Bonchev–Trinajstić information content (AvgIpc) is 3.19. The van der Waals surface area contributed by atoms with Crippen LogP contribution >= 0.6 is 11.6 Å². The van der Waals surface area contributed by atoms with Crippen molar-refractivity contribution in [2.24, 2.45) is 0 Å². The largest absolute Gasteiger partial charge is 0.465 e. The van der Waals surface area contributed by atoms with E-state index in [0.29, 0.717) is 24.2 Å². The Morgan fingerprint density at radius 3 is 2.56 bits per heavy atom. The molecule has 7 nitrogen and oxygen atoms in total. The SMILES string of the molecule is O=C(O)N1CCC(N2CCC(n3c(=O)[nH]c4cc(Cl)ccc43)CC2)C1. The lowest BCUT2D eigenvalue weighted by atomic mass is 10.0. The highest BCUT2D eigenvalue weighted by molar-refractivity contribution is 6.31. The summed E-state index contributed by atoms with van der Waals surface area (Å²) in [4.78, 5) is 30.2. The third kappa shape index (κ3) is 3.02. The van der Waals surface area contributed by atoms with E-state index in [1.54, 1.807) is 6.07 Å². The van der Waals surface area contributed by atoms with Crippen molar-refractivity contribution in [3.05, 3.63) is 33.7 Å². The van der Waals surface area contributed by atoms with Gasteiger partial charge in [0.25, 0.3) is 0 Å². The number of H-pyrrole nitrogens is 1. The first-order valence-electron chi connectivity index (χ1n) is 8.64. The van der Waals surface area contributed by atoms with E-state index in [0.717, 1.165) is 43.4 Å². The van der Waals surface area contributed by atoms with E-state index in [-0.39, 0.29) is 11.7 Å². The minimum atomic E-state index is -0.832. The molecule has 4 rings (SSSR count). The van der Waals surface area contributed by atoms with E-state index in [4.69, 9.17) is 16.7 Å². The molecule has 1 aromatic carbocycles. The fourth-order valence-electron chi connectivity index (χ4n) is 4.19. The first kappa shape index (κ1) is 16.5. The molecule has 2 aliphatic heterocycles. The lowest BCUT2D eigenvalue weighted by Gasteiger charge is -2.36. The highest BCUT2D eigenvalue weighted by atomic mass is 35.5. The average molecular weight is 365 g/mol. The van der Waals surface area contributed by atoms with E-state index in [9.17, 15) is 9.59 Å². The van der Waals surface area contributed by atoms with E-state index < -0.39 is 6.09 Å². The van der Waals surface area contributed by atoms with Crippen LogP contribution < -0.4 is 5.69 Å². The van der Waals surface area contributed by atoms with Gasteiger partial charge in [0.15, 0.2) is 0 Å². The van der Waals surface area contributed by atoms with E-state index in [1.807, 2.05) is 16.7 Å². The van der Waals surface area contributed by atoms with Gasteiger partial charge in [-0.3, -0.25) is 9.47 Å². The molecule has 0 spiro atoms. The number of nitrogens with zero attached hydrogens (tertiary/aromatic N) is 3. The minimum Gasteiger partial charge on any atom is -0.465 e. The van der Waals surface area contributed by atoms with Crippen molar-refractivity contribution >= 4 is 28.7 Å². The predicted molar refractivity (Wildman–Crippen MR) is 95.4 cm³/mol. The highest BCUT2D eigenvalue weighted by Gasteiger charge is 2.33. The minimum absolute atomic E-state index is 0.0892. The molecule has 25 heavy (non-hydrogen) atoms. The van der Waals surface area contributed by atoms with Gasteiger partial charge in [-0.1, -0.05) is 11.6 Å². The molecule has 0 radical (unpaired) electrons. The standard InChI is InChI=1S/C17H21ClN4O3/c18-11-1-2-15-14(9-11)19-16(23)22(15)12-3-6-20(7-4-12)13-5-8-21(10-13)17(24)25/h1-2,9,12-13H,3-8,10H2,(H,19,23)(H,24,25). The number of nitrogens with one attached hydrogen (secondary N) is 1. The molecule has 3 heterocycles. The van der Waals surface area contributed by atoms with Crippen LogP contribution in [0.1, 0.15) is 25.3 Å². The Bertz CT molecular complexity index is 853. The van der Waals surface area contributed by atoms with Crippen molar-refractivity contribution in [2.75, 3.05) is 26.2 Å². The number of aromatic nitrogens is 2. The zero-order valence-corrected chi connectivity index (χ0v) is 14.6. The summed E-state index contributed by atoms with van der Waals surface area (Å²) in [7, 11) is 0. The Kier molecular flexibility index (Phi) is 4.21. The van der Waals surface area contributed by atoms with Crippen LogP contribution in [-0.2, 0) is 0 Å². The van der Waals surface area contributed by atoms with Crippen LogP contribution in [0.5, 0.6) is 0 Å². The smallest absolute Gasteiger partial charge is 0.407 e. The number of carbonyl (C=O) groups is 1. The zero-order valence-electron chi connectivity index (χ0n) is 13.8. The summed E-state index contributed by atoms with van der Waals surface area (Å²) in [5.74, 6) is 0. The molecular weight excluding hydrogens is 344 g/mol. The number of hydrogen-bond acceptors (Lipinski definition) is 3. The molecule has 2 saturated heterocycles. The van der Waals surface area contributed by atoms with E-state index in [2.05, 4.69) is 9.88 Å². The Morgan fingerprint density at radius 2 is 1.88 bits per heavy atom. The molecular formula is C17H21ClN4O3. The van der Waals surface area contributed by atoms with Crippen LogP contribution in [0.15, 0.2) is 23.0 Å². The van der Waals surface area contributed by atoms with Crippen LogP contribution in [0, 0.1) is 0 Å². The number of rotatable bonds is 2. The number of imidazole rings is 1. The van der Waals surface area contributed by atoms with Gasteiger partial charge in [-0.25, -0.2) is 9.59 Å². The van der Waals surface area contributed by atoms with Gasteiger partial charge in [0.05, 0.1) is 11.0 Å². The van der Waals surface area contributed by atoms with Crippen molar-refractivity contribution < 1.29 is 9.90 Å². The lowest BCUT2D eigenvalue weighted by Crippen LogP contribution is -2.44. The number of aromatic amines is 1. The molecule has 0 saturated carbocycles. The van der Waals surface area contributed by atoms with Crippen LogP contribution in [0.4, 0.5) is 4.79 Å². The van der Waals surface area contributed by atoms with Crippen molar-refractivity contribution in [1.82, 2.24) is 19.4 Å². The maximum atomic E-state index is 12.4. The van der Waals surface area contributed by atoms with Crippen LogP contribution in [0.3, 0.4) is 0 Å². The Balaban J connectivity index is 1.47. The summed E-state index contributed by atoms with van der Waals surface area (Å²) in [6, 6.07) is 5.94. The van der Waals surface area contributed by atoms with Gasteiger partial charge in [-0.05, 0) is 37.5 Å². The molecule has 1 amide bonds. The second-order valence-electron chi connectivity index (χ2n) is 6.90. The van der Waals surface area contributed by atoms with Gasteiger partial charge >= 0.3 is 11.8 Å². The second kappa shape index (κ2) is 6.38. The molecule has 0 bridgehead atoms. The topological polar surface area (TPSA) is 81.6 Å². The van der Waals surface area contributed by atoms with Crippen LogP contribution in [0.2, 0.25) is 5.02 Å². The zero-order chi connectivity index (χ0) is 17.6. The molecule has 134 valence electrons. The third-order valence-corrected chi connectivity index (χ3v) is 5.73. The van der Waals surface area contributed by atoms with Gasteiger partial charge in [-0.15, -0.1) is 0 Å². The maximum Gasteiger partial charge on any atom is 0.407 e. The van der Waals surface area contributed by atoms with E-state index >= 15 is 0 Å². The fraction of sp³-hybridized carbons (Fsp3) is 0.529. The van der Waals surface area contributed by atoms with Gasteiger partial charge in [0.1, 0.15) is 0 Å². The first-order valence-corrected chi connectivity index (χ1v) is 9.02. The highest BCUT2D eigenvalue weighted by Crippen LogP contribution is 2.28. The Labute approximate surface area is 149 Å². The summed E-state index contributed by atoms with van der Waals surface area (Å²) in [6.07, 6.45) is 1.84. The third-order valence-electron chi connectivity index (χ3n) is 5.49. The number of carboxylic acid groups (broad SMARTS) is 1. The van der Waals surface area contributed by atoms with Crippen LogP contribution in [0.25, 0.3) is 11.0 Å². The number of hydrogen-bond donors (Lipinski definition) is 2. The van der Waals surface area contributed by atoms with E-state index in [1.165, 1.54) is 4.90 Å². The fourth-order valence-corrected chi connectivity index (χ4v) is 4.36. The summed E-state index contributed by atoms with van der Waals surface area (Å²) >= 11 is 6.01. The second-order valence-corrected chi connectivity index (χ2v) is 7.34. The Morgan fingerprint density at radius 1 is 1.16 bits per heavy atom. The normalized spacial score (nSPS) is 22.8.